The van der Waals surface area contributed by atoms with Gasteiger partial charge in [-0.25, -0.2) is 19.3 Å². The van der Waals surface area contributed by atoms with Crippen LogP contribution in [0.2, 0.25) is 5.15 Å². The normalized spacial score (nSPS) is 25.7. The van der Waals surface area contributed by atoms with Gasteiger partial charge in [0.15, 0.2) is 0 Å². The molecule has 110 valence electrons. The second kappa shape index (κ2) is 4.62. The third kappa shape index (κ3) is 1.79. The third-order valence-electron chi connectivity index (χ3n) is 4.40. The zero-order valence-electron chi connectivity index (χ0n) is 11.5. The summed E-state index contributed by atoms with van der Waals surface area (Å²) in [5, 5.41) is 9.42. The largest absolute Gasteiger partial charge is 0.310 e. The lowest BCUT2D eigenvalue weighted by molar-refractivity contribution is 0.106. The highest BCUT2D eigenvalue weighted by Crippen LogP contribution is 2.56. The quantitative estimate of drug-likeness (QED) is 0.757. The number of aromatic nitrogens is 3. The van der Waals surface area contributed by atoms with E-state index in [1.54, 1.807) is 18.3 Å². The SMILES string of the molecule is N#Cc1ccnc(N2CC3(CC(F)C3)c3c(Cl)ncnc32)c1. The number of anilines is 2. The van der Waals surface area contributed by atoms with Crippen molar-refractivity contribution in [2.75, 3.05) is 11.4 Å². The van der Waals surface area contributed by atoms with Crippen LogP contribution < -0.4 is 4.90 Å². The van der Waals surface area contributed by atoms with Gasteiger partial charge in [0.2, 0.25) is 0 Å². The van der Waals surface area contributed by atoms with E-state index in [1.165, 1.54) is 6.33 Å². The van der Waals surface area contributed by atoms with Gasteiger partial charge in [-0.15, -0.1) is 0 Å². The van der Waals surface area contributed by atoms with Crippen LogP contribution in [0.1, 0.15) is 24.0 Å². The third-order valence-corrected chi connectivity index (χ3v) is 4.69. The van der Waals surface area contributed by atoms with Crippen molar-refractivity contribution in [3.05, 3.63) is 40.9 Å². The Morgan fingerprint density at radius 2 is 2.18 bits per heavy atom. The Bertz CT molecular complexity index is 797. The molecule has 3 heterocycles. The van der Waals surface area contributed by atoms with E-state index in [0.29, 0.717) is 41.7 Å². The van der Waals surface area contributed by atoms with Crippen LogP contribution in [0.25, 0.3) is 0 Å². The number of nitrogens with zero attached hydrogens (tertiary/aromatic N) is 5. The number of rotatable bonds is 1. The van der Waals surface area contributed by atoms with Crippen LogP contribution >= 0.6 is 11.6 Å². The van der Waals surface area contributed by atoms with Gasteiger partial charge in [-0.05, 0) is 25.0 Å². The van der Waals surface area contributed by atoms with E-state index >= 15 is 0 Å². The Hall–Kier alpha value is -2.26. The lowest BCUT2D eigenvalue weighted by atomic mass is 9.65. The predicted molar refractivity (Wildman–Crippen MR) is 78.8 cm³/mol. The van der Waals surface area contributed by atoms with E-state index in [0.717, 1.165) is 5.56 Å². The van der Waals surface area contributed by atoms with E-state index < -0.39 is 6.17 Å². The number of alkyl halides is 1. The fourth-order valence-corrected chi connectivity index (χ4v) is 3.75. The number of pyridine rings is 1. The van der Waals surface area contributed by atoms with Gasteiger partial charge in [-0.3, -0.25) is 0 Å². The summed E-state index contributed by atoms with van der Waals surface area (Å²) in [6, 6.07) is 5.44. The van der Waals surface area contributed by atoms with Gasteiger partial charge >= 0.3 is 0 Å². The molecule has 0 amide bonds. The maximum Gasteiger partial charge on any atom is 0.142 e. The van der Waals surface area contributed by atoms with Gasteiger partial charge < -0.3 is 4.90 Å². The molecule has 0 N–H and O–H groups in total. The maximum absolute atomic E-state index is 13.5. The van der Waals surface area contributed by atoms with Crippen molar-refractivity contribution in [3.8, 4) is 6.07 Å². The highest BCUT2D eigenvalue weighted by molar-refractivity contribution is 6.30. The van der Waals surface area contributed by atoms with Crippen molar-refractivity contribution in [1.82, 2.24) is 15.0 Å². The van der Waals surface area contributed by atoms with Gasteiger partial charge in [-0.2, -0.15) is 5.26 Å². The van der Waals surface area contributed by atoms with Crippen LogP contribution in [0.5, 0.6) is 0 Å². The van der Waals surface area contributed by atoms with Crippen molar-refractivity contribution in [2.24, 2.45) is 0 Å². The first kappa shape index (κ1) is 13.4. The molecule has 2 aromatic heterocycles. The van der Waals surface area contributed by atoms with Crippen LogP contribution in [-0.4, -0.2) is 27.7 Å². The van der Waals surface area contributed by atoms with Gasteiger partial charge in [0.05, 0.1) is 11.6 Å². The van der Waals surface area contributed by atoms with Crippen molar-refractivity contribution in [1.29, 1.82) is 5.26 Å². The summed E-state index contributed by atoms with van der Waals surface area (Å²) >= 11 is 6.25. The summed E-state index contributed by atoms with van der Waals surface area (Å²) in [5.41, 5.74) is 0.969. The molecule has 0 saturated heterocycles. The lowest BCUT2D eigenvalue weighted by Gasteiger charge is -2.41. The van der Waals surface area contributed by atoms with Crippen LogP contribution in [0.3, 0.4) is 0 Å². The molecular formula is C15H11ClFN5. The minimum Gasteiger partial charge on any atom is -0.310 e. The Balaban J connectivity index is 1.84. The number of fused-ring (bicyclic) bond motifs is 2. The first-order valence-corrected chi connectivity index (χ1v) is 7.29. The average Bonchev–Trinajstić information content (AvgIpc) is 2.84. The van der Waals surface area contributed by atoms with Gasteiger partial charge in [0.1, 0.15) is 29.3 Å². The molecule has 1 saturated carbocycles. The topological polar surface area (TPSA) is 65.7 Å². The van der Waals surface area contributed by atoms with E-state index in [4.69, 9.17) is 16.9 Å². The highest BCUT2D eigenvalue weighted by atomic mass is 35.5. The smallest absolute Gasteiger partial charge is 0.142 e. The number of hydrogen-bond acceptors (Lipinski definition) is 5. The Labute approximate surface area is 131 Å². The summed E-state index contributed by atoms with van der Waals surface area (Å²) in [6.45, 7) is 0.559. The van der Waals surface area contributed by atoms with Crippen molar-refractivity contribution >= 4 is 23.2 Å². The van der Waals surface area contributed by atoms with Crippen LogP contribution in [0.4, 0.5) is 16.0 Å². The molecule has 2 aromatic rings. The zero-order chi connectivity index (χ0) is 15.3. The summed E-state index contributed by atoms with van der Waals surface area (Å²) < 4.78 is 13.5. The molecule has 1 fully saturated rings. The lowest BCUT2D eigenvalue weighted by Crippen LogP contribution is -2.45. The summed E-state index contributed by atoms with van der Waals surface area (Å²) in [4.78, 5) is 14.6. The maximum atomic E-state index is 13.5. The molecule has 0 bridgehead atoms. The fraction of sp³-hybridized carbons (Fsp3) is 0.333. The van der Waals surface area contributed by atoms with Crippen LogP contribution in [0.15, 0.2) is 24.7 Å². The molecule has 7 heteroatoms. The monoisotopic (exact) mass is 315 g/mol. The molecular weight excluding hydrogens is 305 g/mol. The Kier molecular flexibility index (Phi) is 2.81. The number of halogens is 2. The molecule has 22 heavy (non-hydrogen) atoms. The molecule has 5 nitrogen and oxygen atoms in total. The first-order chi connectivity index (χ1) is 10.6. The van der Waals surface area contributed by atoms with E-state index in [9.17, 15) is 4.39 Å². The summed E-state index contributed by atoms with van der Waals surface area (Å²) in [5.74, 6) is 1.28. The minimum absolute atomic E-state index is 0.350. The highest BCUT2D eigenvalue weighted by Gasteiger charge is 2.54. The molecule has 1 aliphatic heterocycles. The Morgan fingerprint density at radius 3 is 2.91 bits per heavy atom. The molecule has 2 aliphatic rings. The van der Waals surface area contributed by atoms with Crippen molar-refractivity contribution in [2.45, 2.75) is 24.4 Å². The molecule has 4 rings (SSSR count). The number of hydrogen-bond donors (Lipinski definition) is 0. The van der Waals surface area contributed by atoms with Crippen LogP contribution in [0, 0.1) is 11.3 Å². The Morgan fingerprint density at radius 1 is 1.36 bits per heavy atom. The van der Waals surface area contributed by atoms with E-state index in [2.05, 4.69) is 21.0 Å². The van der Waals surface area contributed by atoms with Gasteiger partial charge in [0.25, 0.3) is 0 Å². The predicted octanol–water partition coefficient (Wildman–Crippen LogP) is 2.92. The van der Waals surface area contributed by atoms with Crippen molar-refractivity contribution in [3.63, 3.8) is 0 Å². The number of nitriles is 1. The molecule has 1 spiro atoms. The molecule has 0 aromatic carbocycles. The average molecular weight is 316 g/mol. The van der Waals surface area contributed by atoms with Crippen LogP contribution in [-0.2, 0) is 5.41 Å². The summed E-state index contributed by atoms with van der Waals surface area (Å²) in [7, 11) is 0. The summed E-state index contributed by atoms with van der Waals surface area (Å²) in [6.07, 6.45) is 3.00. The standard InChI is InChI=1S/C15H11ClFN5/c16-13-12-14(21-8-20-13)22(7-15(12)4-10(17)5-15)11-3-9(6-18)1-2-19-11/h1-3,8,10H,4-5,7H2. The van der Waals surface area contributed by atoms with Gasteiger partial charge in [0, 0.05) is 23.7 Å². The minimum atomic E-state index is -0.817. The van der Waals surface area contributed by atoms with Crippen molar-refractivity contribution < 1.29 is 4.39 Å². The van der Waals surface area contributed by atoms with Gasteiger partial charge in [-0.1, -0.05) is 11.6 Å². The van der Waals surface area contributed by atoms with E-state index in [-0.39, 0.29) is 5.41 Å². The second-order valence-corrected chi connectivity index (χ2v) is 6.11. The van der Waals surface area contributed by atoms with E-state index in [1.807, 2.05) is 4.90 Å². The fourth-order valence-electron chi connectivity index (χ4n) is 3.42. The molecule has 0 unspecified atom stereocenters. The molecule has 0 atom stereocenters. The zero-order valence-corrected chi connectivity index (χ0v) is 12.3. The molecule has 0 radical (unpaired) electrons. The first-order valence-electron chi connectivity index (χ1n) is 6.92. The second-order valence-electron chi connectivity index (χ2n) is 5.75. The molecule has 1 aliphatic carbocycles.